The minimum absolute atomic E-state index is 0.0669. The highest BCUT2D eigenvalue weighted by atomic mass is 79.9. The second-order valence-corrected chi connectivity index (χ2v) is 11.8. The van der Waals surface area contributed by atoms with Crippen molar-refractivity contribution in [2.45, 2.75) is 57.4 Å². The van der Waals surface area contributed by atoms with Crippen LogP contribution in [0.2, 0.25) is 0 Å². The van der Waals surface area contributed by atoms with Crippen LogP contribution in [0.1, 0.15) is 44.9 Å². The Labute approximate surface area is 241 Å². The second kappa shape index (κ2) is 10.6. The fraction of sp³-hybridized carbons (Fsp3) is 0.423. The molecule has 3 aromatic rings. The first kappa shape index (κ1) is 27.0. The van der Waals surface area contributed by atoms with Gasteiger partial charge < -0.3 is 28.2 Å². The fourth-order valence-electron chi connectivity index (χ4n) is 4.61. The molecule has 1 amide bonds. The van der Waals surface area contributed by atoms with Crippen LogP contribution in [0.4, 0.5) is 4.79 Å². The molecule has 11 nitrogen and oxygen atoms in total. The van der Waals surface area contributed by atoms with E-state index in [1.54, 1.807) is 6.20 Å². The van der Waals surface area contributed by atoms with Gasteiger partial charge in [0.15, 0.2) is 17.2 Å². The Kier molecular flexibility index (Phi) is 7.17. The zero-order chi connectivity index (χ0) is 27.9. The average molecular weight is 608 g/mol. The Hall–Kier alpha value is -3.22. The molecule has 1 unspecified atom stereocenters. The highest BCUT2D eigenvalue weighted by Crippen LogP contribution is 2.42. The lowest BCUT2D eigenvalue weighted by Gasteiger charge is -2.35. The summed E-state index contributed by atoms with van der Waals surface area (Å²) < 4.78 is 28.3. The predicted molar refractivity (Wildman–Crippen MR) is 152 cm³/mol. The molecular formula is C26H28B2BrN5O6. The molecule has 0 aliphatic carbocycles. The van der Waals surface area contributed by atoms with Gasteiger partial charge in [-0.1, -0.05) is 29.4 Å². The van der Waals surface area contributed by atoms with Gasteiger partial charge in [0.1, 0.15) is 27.3 Å². The molecule has 0 bridgehead atoms. The Bertz CT molecular complexity index is 1430. The monoisotopic (exact) mass is 607 g/mol. The number of ether oxygens (including phenoxy) is 2. The van der Waals surface area contributed by atoms with Crippen molar-refractivity contribution >= 4 is 42.8 Å². The third-order valence-electron chi connectivity index (χ3n) is 6.72. The molecule has 40 heavy (non-hydrogen) atoms. The molecule has 3 saturated heterocycles. The second-order valence-electron chi connectivity index (χ2n) is 11.0. The van der Waals surface area contributed by atoms with Crippen LogP contribution >= 0.6 is 15.9 Å². The molecule has 206 valence electrons. The Morgan fingerprint density at radius 1 is 1.25 bits per heavy atom. The zero-order valence-corrected chi connectivity index (χ0v) is 24.1. The van der Waals surface area contributed by atoms with Gasteiger partial charge >= 0.3 is 21.1 Å². The number of halogens is 1. The summed E-state index contributed by atoms with van der Waals surface area (Å²) in [4.78, 5) is 28.5. The third-order valence-corrected chi connectivity index (χ3v) is 7.10. The van der Waals surface area contributed by atoms with Gasteiger partial charge in [-0.05, 0) is 55.1 Å². The molecule has 0 spiro atoms. The first-order chi connectivity index (χ1) is 19.2. The van der Waals surface area contributed by atoms with Crippen LogP contribution in [0.3, 0.4) is 0 Å². The number of hydrogen-bond acceptors (Lipinski definition) is 10. The lowest BCUT2D eigenvalue weighted by atomic mass is 9.91. The summed E-state index contributed by atoms with van der Waals surface area (Å²) in [6.45, 7) is 7.34. The Balaban J connectivity index is 1.21. The number of carbonyl (C=O) groups excluding carboxylic acids is 1. The van der Waals surface area contributed by atoms with Gasteiger partial charge in [0.25, 0.3) is 0 Å². The number of hydrogen-bond donors (Lipinski definition) is 0. The van der Waals surface area contributed by atoms with E-state index >= 15 is 0 Å². The van der Waals surface area contributed by atoms with Gasteiger partial charge in [0.2, 0.25) is 0 Å². The molecule has 0 radical (unpaired) electrons. The van der Waals surface area contributed by atoms with E-state index in [2.05, 4.69) is 36.0 Å². The summed E-state index contributed by atoms with van der Waals surface area (Å²) >= 11 is 3.40. The summed E-state index contributed by atoms with van der Waals surface area (Å²) in [7, 11) is 0.886. The molecule has 0 N–H and O–H groups in total. The van der Waals surface area contributed by atoms with Gasteiger partial charge in [0, 0.05) is 37.4 Å². The van der Waals surface area contributed by atoms with Crippen LogP contribution in [-0.4, -0.2) is 71.7 Å². The summed E-state index contributed by atoms with van der Waals surface area (Å²) in [6.07, 6.45) is 2.86. The van der Waals surface area contributed by atoms with Crippen molar-refractivity contribution in [3.8, 4) is 22.7 Å². The quantitative estimate of drug-likeness (QED) is 0.292. The predicted octanol–water partition coefficient (Wildman–Crippen LogP) is 3.71. The minimum atomic E-state index is -0.909. The first-order valence-electron chi connectivity index (χ1n) is 13.2. The maximum atomic E-state index is 13.1. The lowest BCUT2D eigenvalue weighted by Crippen LogP contribution is -2.45. The van der Waals surface area contributed by atoms with Crippen molar-refractivity contribution < 1.29 is 28.1 Å². The summed E-state index contributed by atoms with van der Waals surface area (Å²) in [5.74, 6) is 1.08. The fourth-order valence-corrected chi connectivity index (χ4v) is 4.89. The zero-order valence-electron chi connectivity index (χ0n) is 22.6. The van der Waals surface area contributed by atoms with E-state index in [1.165, 1.54) is 0 Å². The normalized spacial score (nSPS) is 21.2. The molecule has 14 heteroatoms. The summed E-state index contributed by atoms with van der Waals surface area (Å²) in [6, 6.07) is 9.79. The number of amides is 1. The highest BCUT2D eigenvalue weighted by Gasteiger charge is 2.54. The number of aromatic nitrogens is 3. The molecular weight excluding hydrogens is 580 g/mol. The van der Waals surface area contributed by atoms with Crippen molar-refractivity contribution in [1.82, 2.24) is 20.0 Å². The average Bonchev–Trinajstić information content (AvgIpc) is 3.86. The summed E-state index contributed by atoms with van der Waals surface area (Å²) in [5.41, 5.74) is 2.06. The van der Waals surface area contributed by atoms with E-state index in [1.807, 2.05) is 56.0 Å². The van der Waals surface area contributed by atoms with E-state index in [4.69, 9.17) is 23.3 Å². The molecule has 3 aliphatic rings. The highest BCUT2D eigenvalue weighted by molar-refractivity contribution is 9.10. The lowest BCUT2D eigenvalue weighted by molar-refractivity contribution is -0.00808. The van der Waals surface area contributed by atoms with Crippen molar-refractivity contribution in [2.24, 2.45) is 4.99 Å². The number of benzene rings is 1. The molecule has 1 aromatic carbocycles. The van der Waals surface area contributed by atoms with Gasteiger partial charge in [0.05, 0.1) is 6.20 Å². The van der Waals surface area contributed by atoms with E-state index in [0.29, 0.717) is 68.0 Å². The van der Waals surface area contributed by atoms with Crippen LogP contribution < -0.4 is 0 Å². The van der Waals surface area contributed by atoms with Gasteiger partial charge in [-0.15, -0.1) is 0 Å². The number of carbonyl (C=O) groups is 1. The number of nitrogens with zero attached hydrogens (tertiary/aromatic N) is 5. The molecule has 3 aliphatic heterocycles. The van der Waals surface area contributed by atoms with E-state index < -0.39 is 11.2 Å². The van der Waals surface area contributed by atoms with E-state index in [-0.39, 0.29) is 12.1 Å². The topological polar surface area (TPSA) is 128 Å². The van der Waals surface area contributed by atoms with Crippen LogP contribution in [0.5, 0.6) is 0 Å². The van der Waals surface area contributed by atoms with Crippen LogP contribution in [0, 0.1) is 0 Å². The van der Waals surface area contributed by atoms with Crippen molar-refractivity contribution in [1.29, 1.82) is 0 Å². The summed E-state index contributed by atoms with van der Waals surface area (Å²) in [5, 5.41) is 4.28. The van der Waals surface area contributed by atoms with Crippen LogP contribution in [-0.2, 0) is 31.0 Å². The number of aliphatic imine (C=N–C) groups is 1. The number of rotatable bonds is 7. The molecule has 0 saturated carbocycles. The Morgan fingerprint density at radius 2 is 1.98 bits per heavy atom. The van der Waals surface area contributed by atoms with Crippen molar-refractivity contribution in [3.05, 3.63) is 52.4 Å². The minimum Gasteiger partial charge on any atom is -0.549 e. The van der Waals surface area contributed by atoms with Crippen LogP contribution in [0.15, 0.2) is 50.6 Å². The molecule has 2 aromatic heterocycles. The SMILES string of the molecule is CC(C)(C)OC(=O)N(Cc1ccc(-c2cc(-c3nc(Br)cnc3C3(/N=C4\BO4)BO3)on2)cc1)C1CCOCC1. The smallest absolute Gasteiger partial charge is 0.434 e. The van der Waals surface area contributed by atoms with Gasteiger partial charge in [-0.2, -0.15) is 0 Å². The maximum absolute atomic E-state index is 13.1. The maximum Gasteiger partial charge on any atom is 0.434 e. The van der Waals surface area contributed by atoms with Crippen molar-refractivity contribution in [2.75, 3.05) is 13.2 Å². The van der Waals surface area contributed by atoms with Crippen LogP contribution in [0.25, 0.3) is 22.7 Å². The molecule has 6 rings (SSSR count). The Morgan fingerprint density at radius 3 is 2.62 bits per heavy atom. The standard InChI is InChI=1S/C26H28B2BrN5O6/c1-25(2,3)37-24(35)34(17-8-10-36-11-9-17)14-15-4-6-16(7-5-15)18-12-19(39-33-18)21-22(30-13-20(29)31-21)26(28-40-26)32-23-27-38-23/h4-7,12-13,17,27-28H,8-11,14H2,1-3H3/b32-23+. The van der Waals surface area contributed by atoms with Gasteiger partial charge in [-0.3, -0.25) is 4.98 Å². The molecule has 5 heterocycles. The van der Waals surface area contributed by atoms with Crippen molar-refractivity contribution in [3.63, 3.8) is 0 Å². The first-order valence-corrected chi connectivity index (χ1v) is 14.0. The van der Waals surface area contributed by atoms with E-state index in [9.17, 15) is 4.79 Å². The molecule has 3 fully saturated rings. The van der Waals surface area contributed by atoms with E-state index in [0.717, 1.165) is 24.0 Å². The molecule has 1 atom stereocenters. The third kappa shape index (κ3) is 6.08. The largest absolute Gasteiger partial charge is 0.549 e. The van der Waals surface area contributed by atoms with Gasteiger partial charge in [-0.25, -0.2) is 14.8 Å².